The zero-order valence-corrected chi connectivity index (χ0v) is 16.5. The Bertz CT molecular complexity index is 957. The molecule has 1 heterocycles. The van der Waals surface area contributed by atoms with E-state index in [2.05, 4.69) is 5.32 Å². The van der Waals surface area contributed by atoms with E-state index < -0.39 is 23.8 Å². The van der Waals surface area contributed by atoms with E-state index in [9.17, 15) is 18.8 Å². The lowest BCUT2D eigenvalue weighted by Gasteiger charge is -2.24. The number of carbonyl (C=O) groups is 3. The fraction of sp³-hybridized carbons (Fsp3) is 0.318. The van der Waals surface area contributed by atoms with E-state index in [4.69, 9.17) is 4.74 Å². The highest BCUT2D eigenvalue weighted by molar-refractivity contribution is 6.22. The van der Waals surface area contributed by atoms with Crippen LogP contribution in [0.3, 0.4) is 0 Å². The first-order valence-electron chi connectivity index (χ1n) is 9.78. The van der Waals surface area contributed by atoms with E-state index in [0.29, 0.717) is 6.54 Å². The number of hydrogen-bond acceptors (Lipinski definition) is 4. The van der Waals surface area contributed by atoms with Crippen LogP contribution < -0.4 is 15.0 Å². The largest absolute Gasteiger partial charge is 0.497 e. The predicted octanol–water partition coefficient (Wildman–Crippen LogP) is 2.84. The molecule has 1 unspecified atom stereocenters. The Hall–Kier alpha value is -3.42. The van der Waals surface area contributed by atoms with Crippen LogP contribution in [0.5, 0.6) is 5.75 Å². The van der Waals surface area contributed by atoms with Gasteiger partial charge in [-0.05, 0) is 54.8 Å². The van der Waals surface area contributed by atoms with Gasteiger partial charge in [0.1, 0.15) is 17.6 Å². The van der Waals surface area contributed by atoms with E-state index in [-0.39, 0.29) is 24.1 Å². The van der Waals surface area contributed by atoms with Crippen molar-refractivity contribution in [2.75, 3.05) is 12.0 Å². The van der Waals surface area contributed by atoms with Gasteiger partial charge in [0, 0.05) is 12.6 Å². The average molecular weight is 411 g/mol. The lowest BCUT2D eigenvalue weighted by atomic mass is 10.1. The minimum absolute atomic E-state index is 0.116. The molecule has 0 radical (unpaired) electrons. The molecule has 4 amide bonds. The number of methoxy groups -OCH3 is 1. The van der Waals surface area contributed by atoms with Crippen LogP contribution in [0.2, 0.25) is 0 Å². The summed E-state index contributed by atoms with van der Waals surface area (Å²) in [5, 5.41) is 2.57. The Morgan fingerprint density at radius 3 is 2.40 bits per heavy atom. The van der Waals surface area contributed by atoms with Crippen LogP contribution in [-0.2, 0) is 16.1 Å². The van der Waals surface area contributed by atoms with Crippen LogP contribution in [0.15, 0.2) is 48.5 Å². The summed E-state index contributed by atoms with van der Waals surface area (Å²) in [6.45, 7) is 0.435. The molecule has 2 aromatic carbocycles. The van der Waals surface area contributed by atoms with Crippen molar-refractivity contribution in [2.45, 2.75) is 37.9 Å². The van der Waals surface area contributed by atoms with Crippen molar-refractivity contribution in [1.82, 2.24) is 10.2 Å². The summed E-state index contributed by atoms with van der Waals surface area (Å²) in [6, 6.07) is 11.2. The van der Waals surface area contributed by atoms with Gasteiger partial charge in [0.25, 0.3) is 5.91 Å². The third kappa shape index (κ3) is 4.12. The smallest absolute Gasteiger partial charge is 0.329 e. The normalized spacial score (nSPS) is 18.3. The first kappa shape index (κ1) is 19.9. The predicted molar refractivity (Wildman–Crippen MR) is 107 cm³/mol. The minimum Gasteiger partial charge on any atom is -0.497 e. The second kappa shape index (κ2) is 8.14. The number of nitrogens with one attached hydrogen (secondary N) is 1. The second-order valence-electron chi connectivity index (χ2n) is 7.46. The number of ether oxygens (including phenoxy) is 1. The standard InChI is InChI=1S/C22H22FN3O4/c1-30-18-10-2-14(3-11-18)13-25(16-8-9-16)20(27)12-19-21(28)26(22(29)24-19)17-6-4-15(23)5-7-17/h2-7,10-11,16,19H,8-9,12-13H2,1H3,(H,24,29). The molecule has 0 bridgehead atoms. The number of hydrogen-bond donors (Lipinski definition) is 1. The summed E-state index contributed by atoms with van der Waals surface area (Å²) in [5.74, 6) is -0.424. The van der Waals surface area contributed by atoms with Crippen LogP contribution in [0.1, 0.15) is 24.8 Å². The van der Waals surface area contributed by atoms with Crippen molar-refractivity contribution < 1.29 is 23.5 Å². The van der Waals surface area contributed by atoms with Gasteiger partial charge < -0.3 is 15.0 Å². The molecule has 1 atom stereocenters. The molecule has 7 nitrogen and oxygen atoms in total. The molecule has 1 aliphatic heterocycles. The Morgan fingerprint density at radius 1 is 1.13 bits per heavy atom. The van der Waals surface area contributed by atoms with Gasteiger partial charge in [-0.15, -0.1) is 0 Å². The van der Waals surface area contributed by atoms with Gasteiger partial charge in [-0.3, -0.25) is 9.59 Å². The first-order valence-corrected chi connectivity index (χ1v) is 9.78. The van der Waals surface area contributed by atoms with E-state index in [1.54, 1.807) is 12.0 Å². The molecule has 156 valence electrons. The molecule has 1 N–H and O–H groups in total. The summed E-state index contributed by atoms with van der Waals surface area (Å²) in [7, 11) is 1.59. The van der Waals surface area contributed by atoms with Gasteiger partial charge in [0.05, 0.1) is 19.2 Å². The molecule has 8 heteroatoms. The molecule has 1 aliphatic carbocycles. The van der Waals surface area contributed by atoms with Gasteiger partial charge in [0.15, 0.2) is 0 Å². The number of halogens is 1. The molecule has 2 aliphatic rings. The third-order valence-corrected chi connectivity index (χ3v) is 5.30. The van der Waals surface area contributed by atoms with E-state index in [0.717, 1.165) is 29.1 Å². The van der Waals surface area contributed by atoms with Crippen LogP contribution in [0.25, 0.3) is 0 Å². The molecule has 4 rings (SSSR count). The van der Waals surface area contributed by atoms with Crippen molar-refractivity contribution in [1.29, 1.82) is 0 Å². The van der Waals surface area contributed by atoms with Crippen molar-refractivity contribution in [3.63, 3.8) is 0 Å². The third-order valence-electron chi connectivity index (χ3n) is 5.30. The summed E-state index contributed by atoms with van der Waals surface area (Å²) >= 11 is 0. The molecule has 30 heavy (non-hydrogen) atoms. The van der Waals surface area contributed by atoms with E-state index >= 15 is 0 Å². The number of anilines is 1. The van der Waals surface area contributed by atoms with Gasteiger partial charge in [0.2, 0.25) is 5.91 Å². The second-order valence-corrected chi connectivity index (χ2v) is 7.46. The maximum Gasteiger partial charge on any atom is 0.329 e. The fourth-order valence-electron chi connectivity index (χ4n) is 3.53. The molecular weight excluding hydrogens is 389 g/mol. The van der Waals surface area contributed by atoms with Crippen molar-refractivity contribution in [3.8, 4) is 5.75 Å². The Morgan fingerprint density at radius 2 is 1.80 bits per heavy atom. The van der Waals surface area contributed by atoms with Gasteiger partial charge >= 0.3 is 6.03 Å². The number of amides is 4. The van der Waals surface area contributed by atoms with E-state index in [1.807, 2.05) is 24.3 Å². The van der Waals surface area contributed by atoms with E-state index in [1.165, 1.54) is 24.3 Å². The number of imide groups is 1. The first-order chi connectivity index (χ1) is 14.5. The summed E-state index contributed by atoms with van der Waals surface area (Å²) < 4.78 is 18.3. The highest BCUT2D eigenvalue weighted by Crippen LogP contribution is 2.30. The lowest BCUT2D eigenvalue weighted by molar-refractivity contribution is -0.134. The Labute approximate surface area is 173 Å². The average Bonchev–Trinajstić information content (AvgIpc) is 3.54. The van der Waals surface area contributed by atoms with Crippen LogP contribution in [0.4, 0.5) is 14.9 Å². The number of rotatable bonds is 7. The molecular formula is C22H22FN3O4. The van der Waals surface area contributed by atoms with Crippen molar-refractivity contribution in [3.05, 3.63) is 59.9 Å². The van der Waals surface area contributed by atoms with Crippen LogP contribution in [-0.4, -0.2) is 41.9 Å². The number of nitrogens with zero attached hydrogens (tertiary/aromatic N) is 2. The Balaban J connectivity index is 1.44. The Kier molecular flexibility index (Phi) is 5.39. The molecule has 0 spiro atoms. The number of urea groups is 1. The van der Waals surface area contributed by atoms with Gasteiger partial charge in [-0.25, -0.2) is 14.1 Å². The van der Waals surface area contributed by atoms with Crippen LogP contribution in [0, 0.1) is 5.82 Å². The maximum atomic E-state index is 13.1. The lowest BCUT2D eigenvalue weighted by Crippen LogP contribution is -2.39. The minimum atomic E-state index is -0.938. The van der Waals surface area contributed by atoms with Crippen molar-refractivity contribution >= 4 is 23.5 Å². The van der Waals surface area contributed by atoms with Crippen LogP contribution >= 0.6 is 0 Å². The molecule has 0 aromatic heterocycles. The zero-order chi connectivity index (χ0) is 21.3. The molecule has 2 aromatic rings. The molecule has 2 fully saturated rings. The molecule has 1 saturated heterocycles. The fourth-order valence-corrected chi connectivity index (χ4v) is 3.53. The summed E-state index contributed by atoms with van der Waals surface area (Å²) in [5.41, 5.74) is 1.23. The zero-order valence-electron chi connectivity index (χ0n) is 16.5. The summed E-state index contributed by atoms with van der Waals surface area (Å²) in [4.78, 5) is 40.7. The highest BCUT2D eigenvalue weighted by Gasteiger charge is 2.42. The van der Waals surface area contributed by atoms with Gasteiger partial charge in [-0.1, -0.05) is 12.1 Å². The number of benzene rings is 2. The quantitative estimate of drug-likeness (QED) is 0.711. The number of carbonyl (C=O) groups excluding carboxylic acids is 3. The maximum absolute atomic E-state index is 13.1. The summed E-state index contributed by atoms with van der Waals surface area (Å²) in [6.07, 6.45) is 1.73. The molecule has 1 saturated carbocycles. The SMILES string of the molecule is COc1ccc(CN(C(=O)CC2NC(=O)N(c3ccc(F)cc3)C2=O)C2CC2)cc1. The van der Waals surface area contributed by atoms with Gasteiger partial charge in [-0.2, -0.15) is 0 Å². The van der Waals surface area contributed by atoms with Crippen molar-refractivity contribution in [2.24, 2.45) is 0 Å². The topological polar surface area (TPSA) is 79.0 Å². The monoisotopic (exact) mass is 411 g/mol. The highest BCUT2D eigenvalue weighted by atomic mass is 19.1.